The van der Waals surface area contributed by atoms with Crippen molar-refractivity contribution in [2.75, 3.05) is 0 Å². The number of hydrogen-bond acceptors (Lipinski definition) is 2. The van der Waals surface area contributed by atoms with Gasteiger partial charge in [0, 0.05) is 10.9 Å². The Kier molecular flexibility index (Phi) is 3.45. The number of pyridine rings is 1. The molecule has 1 aliphatic rings. The molecule has 1 unspecified atom stereocenters. The number of rotatable bonds is 2. The van der Waals surface area contributed by atoms with Gasteiger partial charge in [-0.1, -0.05) is 37.3 Å². The highest BCUT2D eigenvalue weighted by Crippen LogP contribution is 2.32. The maximum atomic E-state index is 13.8. The van der Waals surface area contributed by atoms with Gasteiger partial charge in [0.1, 0.15) is 5.82 Å². The number of nitrogens with zero attached hydrogens (tertiary/aromatic N) is 2. The molecule has 0 saturated heterocycles. The Morgan fingerprint density at radius 2 is 1.92 bits per heavy atom. The van der Waals surface area contributed by atoms with Gasteiger partial charge < -0.3 is 0 Å². The zero-order valence-corrected chi connectivity index (χ0v) is 13.9. The number of benzene rings is 2. The van der Waals surface area contributed by atoms with Crippen LogP contribution >= 0.6 is 0 Å². The predicted octanol–water partition coefficient (Wildman–Crippen LogP) is 4.94. The summed E-state index contributed by atoms with van der Waals surface area (Å²) >= 11 is 0. The van der Waals surface area contributed by atoms with Gasteiger partial charge in [-0.05, 0) is 49.6 Å². The zero-order chi connectivity index (χ0) is 16.7. The first-order valence-electron chi connectivity index (χ1n) is 8.33. The smallest absolute Gasteiger partial charge is 0.123 e. The standard InChI is InChI=1S/C21H19FN2/c1-3-21(2)13-15-8-10-16(22)12-17(15)20(24-21)19-11-9-14-6-4-5-7-18(14)23-19/h4-12H,3,13H2,1-2H3. The maximum absolute atomic E-state index is 13.8. The summed E-state index contributed by atoms with van der Waals surface area (Å²) in [5.74, 6) is -0.234. The van der Waals surface area contributed by atoms with Crippen molar-refractivity contribution in [1.82, 2.24) is 4.98 Å². The van der Waals surface area contributed by atoms with Gasteiger partial charge in [-0.3, -0.25) is 4.99 Å². The molecular formula is C21H19FN2. The minimum Gasteiger partial charge on any atom is -0.276 e. The molecule has 0 spiro atoms. The molecule has 1 aromatic heterocycles. The van der Waals surface area contributed by atoms with Crippen LogP contribution in [0.5, 0.6) is 0 Å². The Bertz CT molecular complexity index is 961. The minimum atomic E-state index is -0.234. The number of para-hydroxylation sites is 1. The minimum absolute atomic E-state index is 0.173. The highest BCUT2D eigenvalue weighted by molar-refractivity contribution is 6.14. The molecule has 2 heterocycles. The molecule has 2 aromatic carbocycles. The van der Waals surface area contributed by atoms with Crippen LogP contribution in [-0.2, 0) is 6.42 Å². The van der Waals surface area contributed by atoms with Crippen LogP contribution in [0.3, 0.4) is 0 Å². The van der Waals surface area contributed by atoms with E-state index in [-0.39, 0.29) is 11.4 Å². The quantitative estimate of drug-likeness (QED) is 0.657. The van der Waals surface area contributed by atoms with Crippen molar-refractivity contribution in [2.24, 2.45) is 4.99 Å². The lowest BCUT2D eigenvalue weighted by molar-refractivity contribution is 0.447. The fourth-order valence-electron chi connectivity index (χ4n) is 3.30. The lowest BCUT2D eigenvalue weighted by Gasteiger charge is -2.31. The van der Waals surface area contributed by atoms with Gasteiger partial charge in [-0.2, -0.15) is 0 Å². The van der Waals surface area contributed by atoms with E-state index in [1.807, 2.05) is 36.4 Å². The number of aliphatic imine (C=N–C) groups is 1. The van der Waals surface area contributed by atoms with Crippen molar-refractivity contribution in [3.63, 3.8) is 0 Å². The van der Waals surface area contributed by atoms with E-state index in [0.29, 0.717) is 0 Å². The van der Waals surface area contributed by atoms with Crippen molar-refractivity contribution in [3.05, 3.63) is 77.2 Å². The Balaban J connectivity index is 1.94. The maximum Gasteiger partial charge on any atom is 0.123 e. The fraction of sp³-hybridized carbons (Fsp3) is 0.238. The molecule has 0 N–H and O–H groups in total. The van der Waals surface area contributed by atoms with Crippen LogP contribution in [0.1, 0.15) is 37.1 Å². The van der Waals surface area contributed by atoms with Crippen LogP contribution in [-0.4, -0.2) is 16.2 Å². The second-order valence-corrected chi connectivity index (χ2v) is 6.68. The van der Waals surface area contributed by atoms with Crippen molar-refractivity contribution < 1.29 is 4.39 Å². The molecule has 0 amide bonds. The molecule has 0 bridgehead atoms. The van der Waals surface area contributed by atoms with E-state index in [4.69, 9.17) is 9.98 Å². The number of fused-ring (bicyclic) bond motifs is 2. The topological polar surface area (TPSA) is 25.2 Å². The van der Waals surface area contributed by atoms with Gasteiger partial charge in [-0.15, -0.1) is 0 Å². The van der Waals surface area contributed by atoms with Gasteiger partial charge in [0.2, 0.25) is 0 Å². The third kappa shape index (κ3) is 2.50. The van der Waals surface area contributed by atoms with Crippen LogP contribution in [0.4, 0.5) is 4.39 Å². The number of hydrogen-bond donors (Lipinski definition) is 0. The predicted molar refractivity (Wildman–Crippen MR) is 96.2 cm³/mol. The van der Waals surface area contributed by atoms with Crippen molar-refractivity contribution >= 4 is 16.6 Å². The third-order valence-corrected chi connectivity index (χ3v) is 4.88. The monoisotopic (exact) mass is 318 g/mol. The Labute approximate surface area is 141 Å². The van der Waals surface area contributed by atoms with Gasteiger partial charge in [-0.25, -0.2) is 9.37 Å². The molecular weight excluding hydrogens is 299 g/mol. The molecule has 3 heteroatoms. The van der Waals surface area contributed by atoms with E-state index in [1.54, 1.807) is 6.07 Å². The van der Waals surface area contributed by atoms with E-state index in [1.165, 1.54) is 6.07 Å². The summed E-state index contributed by atoms with van der Waals surface area (Å²) in [7, 11) is 0. The van der Waals surface area contributed by atoms with Crippen LogP contribution in [0, 0.1) is 5.82 Å². The van der Waals surface area contributed by atoms with E-state index < -0.39 is 0 Å². The summed E-state index contributed by atoms with van der Waals surface area (Å²) in [4.78, 5) is 9.75. The average Bonchev–Trinajstić information content (AvgIpc) is 2.61. The third-order valence-electron chi connectivity index (χ3n) is 4.88. The average molecular weight is 318 g/mol. The summed E-state index contributed by atoms with van der Waals surface area (Å²) in [6, 6.07) is 17.0. The second-order valence-electron chi connectivity index (χ2n) is 6.68. The van der Waals surface area contributed by atoms with Gasteiger partial charge >= 0.3 is 0 Å². The van der Waals surface area contributed by atoms with Crippen molar-refractivity contribution in [1.29, 1.82) is 0 Å². The molecule has 0 aliphatic carbocycles. The zero-order valence-electron chi connectivity index (χ0n) is 13.9. The summed E-state index contributed by atoms with van der Waals surface area (Å²) in [6.07, 6.45) is 1.76. The second kappa shape index (κ2) is 5.52. The summed E-state index contributed by atoms with van der Waals surface area (Å²) in [5.41, 5.74) is 4.36. The lowest BCUT2D eigenvalue weighted by atomic mass is 9.83. The molecule has 2 nitrogen and oxygen atoms in total. The fourth-order valence-corrected chi connectivity index (χ4v) is 3.30. The lowest BCUT2D eigenvalue weighted by Crippen LogP contribution is -2.32. The van der Waals surface area contributed by atoms with Crippen LogP contribution in [0.25, 0.3) is 10.9 Å². The van der Waals surface area contributed by atoms with Crippen LogP contribution < -0.4 is 0 Å². The summed E-state index contributed by atoms with van der Waals surface area (Å²) in [6.45, 7) is 4.30. The molecule has 1 atom stereocenters. The first kappa shape index (κ1) is 15.0. The molecule has 24 heavy (non-hydrogen) atoms. The number of aromatic nitrogens is 1. The Morgan fingerprint density at radius 1 is 1.08 bits per heavy atom. The van der Waals surface area contributed by atoms with Crippen molar-refractivity contribution in [3.8, 4) is 0 Å². The number of halogens is 1. The summed E-state index contributed by atoms with van der Waals surface area (Å²) < 4.78 is 13.8. The molecule has 0 radical (unpaired) electrons. The Hall–Kier alpha value is -2.55. The van der Waals surface area contributed by atoms with E-state index in [0.717, 1.165) is 46.3 Å². The molecule has 3 aromatic rings. The van der Waals surface area contributed by atoms with E-state index in [9.17, 15) is 4.39 Å². The van der Waals surface area contributed by atoms with Gasteiger partial charge in [0.25, 0.3) is 0 Å². The SMILES string of the molecule is CCC1(C)Cc2ccc(F)cc2C(c2ccc3ccccc3n2)=N1. The van der Waals surface area contributed by atoms with Gasteiger partial charge in [0.05, 0.1) is 22.5 Å². The van der Waals surface area contributed by atoms with E-state index in [2.05, 4.69) is 19.9 Å². The van der Waals surface area contributed by atoms with E-state index >= 15 is 0 Å². The largest absolute Gasteiger partial charge is 0.276 e. The highest BCUT2D eigenvalue weighted by atomic mass is 19.1. The van der Waals surface area contributed by atoms with Crippen LogP contribution in [0.15, 0.2) is 59.6 Å². The molecule has 1 aliphatic heterocycles. The highest BCUT2D eigenvalue weighted by Gasteiger charge is 2.30. The Morgan fingerprint density at radius 3 is 2.75 bits per heavy atom. The normalized spacial score (nSPS) is 19.9. The first-order chi connectivity index (χ1) is 11.6. The molecule has 0 saturated carbocycles. The first-order valence-corrected chi connectivity index (χ1v) is 8.33. The van der Waals surface area contributed by atoms with Crippen LogP contribution in [0.2, 0.25) is 0 Å². The molecule has 0 fully saturated rings. The van der Waals surface area contributed by atoms with Gasteiger partial charge in [0.15, 0.2) is 0 Å². The molecule has 120 valence electrons. The molecule has 4 rings (SSSR count). The summed E-state index contributed by atoms with van der Waals surface area (Å²) in [5, 5.41) is 1.09. The van der Waals surface area contributed by atoms with Crippen molar-refractivity contribution in [2.45, 2.75) is 32.2 Å².